The summed E-state index contributed by atoms with van der Waals surface area (Å²) in [5.41, 5.74) is 8.59. The van der Waals surface area contributed by atoms with Crippen LogP contribution in [-0.2, 0) is 61.4 Å². The quantitative estimate of drug-likeness (QED) is 0.0457. The molecule has 0 saturated heterocycles. The normalized spacial score (nSPS) is 11.0. The van der Waals surface area contributed by atoms with Crippen LogP contribution in [0.25, 0.3) is 11.0 Å². The summed E-state index contributed by atoms with van der Waals surface area (Å²) in [7, 11) is 0. The average molecular weight is 1060 g/mol. The van der Waals surface area contributed by atoms with Gasteiger partial charge in [-0.3, -0.25) is 0 Å². The highest BCUT2D eigenvalue weighted by Crippen LogP contribution is 2.20. The molecule has 2 atom stereocenters. The van der Waals surface area contributed by atoms with Crippen LogP contribution in [0.3, 0.4) is 0 Å². The number of nitrogens with zero attached hydrogens (tertiary/aromatic N) is 3. The van der Waals surface area contributed by atoms with E-state index in [2.05, 4.69) is 17.2 Å². The molecule has 410 valence electrons. The van der Waals surface area contributed by atoms with Gasteiger partial charge in [0.05, 0.1) is 22.2 Å². The Hall–Kier alpha value is -8.64. The summed E-state index contributed by atoms with van der Waals surface area (Å²) in [6.45, 7) is 19.2. The van der Waals surface area contributed by atoms with Crippen molar-refractivity contribution in [2.45, 2.75) is 120 Å². The van der Waals surface area contributed by atoms with Crippen LogP contribution < -0.4 is 0 Å². The van der Waals surface area contributed by atoms with E-state index in [4.69, 9.17) is 18.3 Å². The van der Waals surface area contributed by atoms with Crippen molar-refractivity contribution in [2.75, 3.05) is 0 Å². The Bertz CT molecular complexity index is 2950. The van der Waals surface area contributed by atoms with Crippen LogP contribution >= 0.6 is 0 Å². The van der Waals surface area contributed by atoms with Gasteiger partial charge in [0.1, 0.15) is 48.2 Å². The Balaban J connectivity index is 0.000000364. The molecule has 0 fully saturated rings. The van der Waals surface area contributed by atoms with E-state index in [0.717, 1.165) is 51.0 Å². The van der Waals surface area contributed by atoms with E-state index in [1.54, 1.807) is 97.1 Å². The molecule has 12 nitrogen and oxygen atoms in total. The first kappa shape index (κ1) is 60.2. The van der Waals surface area contributed by atoms with Gasteiger partial charge in [-0.15, -0.1) is 5.10 Å². The van der Waals surface area contributed by atoms with Crippen molar-refractivity contribution in [2.24, 2.45) is 0 Å². The minimum Gasteiger partial charge on any atom is -0.457 e. The lowest BCUT2D eigenvalue weighted by molar-refractivity contribution is -0.109. The van der Waals surface area contributed by atoms with Crippen molar-refractivity contribution in [3.05, 3.63) is 238 Å². The van der Waals surface area contributed by atoms with Gasteiger partial charge in [-0.05, 0) is 102 Å². The Morgan fingerprint density at radius 2 is 0.782 bits per heavy atom. The number of aryl methyl sites for hydroxylation is 1. The summed E-state index contributed by atoms with van der Waals surface area (Å²) in [6, 6.07) is 56.0. The number of aldehydes is 3. The van der Waals surface area contributed by atoms with E-state index in [1.165, 1.54) is 0 Å². The van der Waals surface area contributed by atoms with Gasteiger partial charge in [0.25, 0.3) is 0 Å². The number of aromatic nitrogens is 3. The molecule has 0 aliphatic heterocycles. The summed E-state index contributed by atoms with van der Waals surface area (Å²) in [6.07, 6.45) is -0.468. The molecule has 78 heavy (non-hydrogen) atoms. The standard InChI is InChI=1S/2C18H18O3.C16H14O3.C8H9N3.3C2H6/c2*1-2-15(12-19)16-10-8-14(9-11-16)13-21-18(20)17-6-4-3-5-7-17;17-11-10-13-6-8-14(9-7-13)12-19-16(18)15-4-2-1-3-5-15;1-2-11-8-6-4-3-5-7(8)9-10-11;3*1-2/h2*3-12,15H,2,13H2,1H3;1-9,11H,10,12H2;3-6H,2H2,1H3;3*1-2H3/t2*15-;;;;;/m10...../s1/i2*12T;11T;;;;. The zero-order valence-corrected chi connectivity index (χ0v) is 46.5. The second kappa shape index (κ2) is 39.7. The minimum absolute atomic E-state index is 0.101. The number of rotatable bonds is 18. The molecule has 1 heterocycles. The van der Waals surface area contributed by atoms with Gasteiger partial charge in [-0.25, -0.2) is 19.1 Å². The van der Waals surface area contributed by atoms with E-state index in [0.29, 0.717) is 29.5 Å². The molecule has 0 unspecified atom stereocenters. The van der Waals surface area contributed by atoms with Crippen LogP contribution in [0, 0.1) is 0 Å². The molecule has 0 amide bonds. The molecule has 1 aromatic heterocycles. The molecule has 7 aromatic carbocycles. The van der Waals surface area contributed by atoms with Gasteiger partial charge in [-0.1, -0.05) is 200 Å². The van der Waals surface area contributed by atoms with Crippen molar-refractivity contribution in [1.29, 1.82) is 0 Å². The van der Waals surface area contributed by atoms with Crippen LogP contribution in [0.4, 0.5) is 0 Å². The zero-order valence-electron chi connectivity index (χ0n) is 49.5. The maximum absolute atomic E-state index is 11.8. The van der Waals surface area contributed by atoms with E-state index in [1.807, 2.05) is 151 Å². The fraction of sp³-hybridized carbons (Fsp3) is 0.273. The summed E-state index contributed by atoms with van der Waals surface area (Å²) >= 11 is 0. The van der Waals surface area contributed by atoms with Gasteiger partial charge in [0, 0.05) is 24.8 Å². The Morgan fingerprint density at radius 1 is 0.462 bits per heavy atom. The number of ether oxygens (including phenoxy) is 3. The van der Waals surface area contributed by atoms with Crippen molar-refractivity contribution < 1.29 is 47.1 Å². The number of hydrogen-bond donors (Lipinski definition) is 0. The molecule has 0 bridgehead atoms. The van der Waals surface area contributed by atoms with E-state index in [-0.39, 0.29) is 56.0 Å². The molecule has 0 aliphatic carbocycles. The lowest BCUT2D eigenvalue weighted by Gasteiger charge is -2.09. The number of fused-ring (bicyclic) bond motifs is 1. The monoisotopic (exact) mass is 1060 g/mol. The minimum atomic E-state index is -0.617. The van der Waals surface area contributed by atoms with Crippen molar-refractivity contribution in [3.8, 4) is 0 Å². The topological polar surface area (TPSA) is 161 Å². The van der Waals surface area contributed by atoms with Crippen LogP contribution in [-0.4, -0.2) is 51.7 Å². The molecular weight excluding hydrogens is 979 g/mol. The molecular formula is C66H77N3O9. The first-order valence-corrected chi connectivity index (χ1v) is 26.5. The number of esters is 3. The van der Waals surface area contributed by atoms with E-state index in [9.17, 15) is 28.8 Å². The smallest absolute Gasteiger partial charge is 0.338 e. The number of hydrogen-bond acceptors (Lipinski definition) is 11. The van der Waals surface area contributed by atoms with Crippen LogP contribution in [0.5, 0.6) is 0 Å². The third-order valence-corrected chi connectivity index (χ3v) is 11.0. The van der Waals surface area contributed by atoms with Crippen LogP contribution in [0.1, 0.15) is 156 Å². The Morgan fingerprint density at radius 3 is 1.10 bits per heavy atom. The highest BCUT2D eigenvalue weighted by molar-refractivity contribution is 5.90. The number of carbonyl (C=O) groups is 6. The first-order valence-electron chi connectivity index (χ1n) is 28.0. The molecule has 0 spiro atoms. The van der Waals surface area contributed by atoms with E-state index >= 15 is 0 Å². The summed E-state index contributed by atoms with van der Waals surface area (Å²) in [5.74, 6) is -1.87. The molecule has 0 radical (unpaired) electrons. The third-order valence-electron chi connectivity index (χ3n) is 11.0. The zero-order chi connectivity index (χ0) is 60.0. The molecule has 8 aromatic rings. The molecule has 12 heteroatoms. The number of carbonyl (C=O) groups excluding carboxylic acids is 6. The van der Waals surface area contributed by atoms with Crippen molar-refractivity contribution >= 4 is 47.7 Å². The lowest BCUT2D eigenvalue weighted by Crippen LogP contribution is -2.05. The molecule has 0 saturated carbocycles. The largest absolute Gasteiger partial charge is 0.457 e. The summed E-state index contributed by atoms with van der Waals surface area (Å²) in [4.78, 5) is 68.5. The second-order valence-corrected chi connectivity index (χ2v) is 16.0. The second-order valence-electron chi connectivity index (χ2n) is 16.0. The predicted octanol–water partition coefficient (Wildman–Crippen LogP) is 14.8. The third kappa shape index (κ3) is 23.1. The van der Waals surface area contributed by atoms with Gasteiger partial charge in [0.15, 0.2) is 0 Å². The average Bonchev–Trinajstić information content (AvgIpc) is 3.96. The SMILES string of the molecule is CC.CC.CC.CCn1nnc2ccccc21.[3H]C(=O)Cc1ccc(COC(=O)c2ccccc2)cc1.[3H]C(=O)[C@@H](CC)c1ccc(COC(=O)c2ccccc2)cc1.[3H]C(=O)[C@H](CC)c1ccc(COC(=O)c2ccccc2)cc1. The van der Waals surface area contributed by atoms with Gasteiger partial charge < -0.3 is 28.6 Å². The van der Waals surface area contributed by atoms with Crippen LogP contribution in [0.15, 0.2) is 188 Å². The fourth-order valence-electron chi connectivity index (χ4n) is 6.87. The molecule has 0 aliphatic rings. The highest BCUT2D eigenvalue weighted by Gasteiger charge is 2.12. The Kier molecular flexibility index (Phi) is 30.7. The van der Waals surface area contributed by atoms with Gasteiger partial charge in [-0.2, -0.15) is 0 Å². The van der Waals surface area contributed by atoms with Crippen molar-refractivity contribution in [3.63, 3.8) is 0 Å². The summed E-state index contributed by atoms with van der Waals surface area (Å²) in [5, 5.41) is 7.98. The Labute approximate surface area is 466 Å². The highest BCUT2D eigenvalue weighted by atomic mass is 16.5. The fourth-order valence-corrected chi connectivity index (χ4v) is 6.87. The summed E-state index contributed by atoms with van der Waals surface area (Å²) < 4.78 is 39.0. The number of para-hydroxylation sites is 1. The first-order chi connectivity index (χ1) is 39.3. The molecule has 0 N–H and O–H groups in total. The number of benzene rings is 7. The maximum Gasteiger partial charge on any atom is 0.338 e. The van der Waals surface area contributed by atoms with E-state index < -0.39 is 18.8 Å². The van der Waals surface area contributed by atoms with Gasteiger partial charge in [0.2, 0.25) is 0 Å². The predicted molar refractivity (Wildman–Crippen MR) is 311 cm³/mol. The van der Waals surface area contributed by atoms with Crippen molar-refractivity contribution in [1.82, 2.24) is 15.0 Å². The van der Waals surface area contributed by atoms with Crippen LogP contribution in [0.2, 0.25) is 0 Å². The molecule has 8 rings (SSSR count). The maximum atomic E-state index is 11.8. The lowest BCUT2D eigenvalue weighted by atomic mass is 9.97. The van der Waals surface area contributed by atoms with Gasteiger partial charge >= 0.3 is 17.9 Å².